The van der Waals surface area contributed by atoms with E-state index in [9.17, 15) is 4.39 Å². The third-order valence-electron chi connectivity index (χ3n) is 2.43. The molecule has 19 heavy (non-hydrogen) atoms. The minimum absolute atomic E-state index is 0. The maximum atomic E-state index is 13.2. The van der Waals surface area contributed by atoms with E-state index in [4.69, 9.17) is 0 Å². The second kappa shape index (κ2) is 10.4. The normalized spacial score (nSPS) is 10.8. The van der Waals surface area contributed by atoms with Crippen LogP contribution in [0.25, 0.3) is 0 Å². The largest absolute Gasteiger partial charge is 0.356 e. The summed E-state index contributed by atoms with van der Waals surface area (Å²) in [5, 5.41) is 6.35. The van der Waals surface area contributed by atoms with Crippen LogP contribution >= 0.6 is 39.9 Å². The first-order chi connectivity index (χ1) is 8.65. The van der Waals surface area contributed by atoms with Crippen molar-refractivity contribution in [3.63, 3.8) is 0 Å². The van der Waals surface area contributed by atoms with Gasteiger partial charge in [-0.05, 0) is 30.2 Å². The summed E-state index contributed by atoms with van der Waals surface area (Å²) in [5.74, 6) is 0.499. The fraction of sp³-hybridized carbons (Fsp3) is 0.462. The smallest absolute Gasteiger partial charge is 0.191 e. The molecule has 0 spiro atoms. The maximum Gasteiger partial charge on any atom is 0.191 e. The highest BCUT2D eigenvalue weighted by atomic mass is 127. The Balaban J connectivity index is 0.00000324. The van der Waals surface area contributed by atoms with Gasteiger partial charge in [0.15, 0.2) is 5.96 Å². The predicted octanol–water partition coefficient (Wildman–Crippen LogP) is 3.67. The molecule has 6 heteroatoms. The van der Waals surface area contributed by atoms with E-state index >= 15 is 0 Å². The monoisotopic (exact) mass is 443 g/mol. The highest BCUT2D eigenvalue weighted by molar-refractivity contribution is 14.0. The summed E-state index contributed by atoms with van der Waals surface area (Å²) >= 11 is 3.27. The summed E-state index contributed by atoms with van der Waals surface area (Å²) in [6.45, 7) is 3.58. The summed E-state index contributed by atoms with van der Waals surface area (Å²) in [7, 11) is 1.72. The molecule has 1 rings (SSSR count). The molecular formula is C13H20BrFIN3. The van der Waals surface area contributed by atoms with Crippen molar-refractivity contribution in [1.29, 1.82) is 0 Å². The Labute approximate surface area is 139 Å². The number of rotatable bonds is 5. The van der Waals surface area contributed by atoms with E-state index in [1.54, 1.807) is 7.05 Å². The zero-order valence-electron chi connectivity index (χ0n) is 11.2. The lowest BCUT2D eigenvalue weighted by molar-refractivity contribution is 0.623. The first-order valence-electron chi connectivity index (χ1n) is 6.05. The van der Waals surface area contributed by atoms with Gasteiger partial charge in [0, 0.05) is 24.6 Å². The molecule has 2 N–H and O–H groups in total. The Morgan fingerprint density at radius 3 is 2.63 bits per heavy atom. The van der Waals surface area contributed by atoms with Gasteiger partial charge < -0.3 is 10.6 Å². The number of guanidine groups is 1. The predicted molar refractivity (Wildman–Crippen MR) is 92.6 cm³/mol. The second-order valence-electron chi connectivity index (χ2n) is 3.98. The molecule has 0 saturated heterocycles. The number of benzene rings is 1. The van der Waals surface area contributed by atoms with E-state index in [2.05, 4.69) is 38.5 Å². The molecule has 1 aromatic rings. The molecule has 0 heterocycles. The molecular weight excluding hydrogens is 424 g/mol. The third-order valence-corrected chi connectivity index (χ3v) is 2.89. The molecule has 0 radical (unpaired) electrons. The minimum atomic E-state index is -0.241. The van der Waals surface area contributed by atoms with Crippen LogP contribution in [0.3, 0.4) is 0 Å². The van der Waals surface area contributed by atoms with Crippen molar-refractivity contribution in [2.45, 2.75) is 26.3 Å². The molecule has 0 unspecified atom stereocenters. The molecule has 0 amide bonds. The number of nitrogens with one attached hydrogen (secondary N) is 2. The SMILES string of the molecule is CCCCNC(=NC)NCc1cc(F)cc(Br)c1.I. The summed E-state index contributed by atoms with van der Waals surface area (Å²) in [6.07, 6.45) is 2.24. The number of hydrogen-bond acceptors (Lipinski definition) is 1. The standard InChI is InChI=1S/C13H19BrFN3.HI/c1-3-4-5-17-13(16-2)18-9-10-6-11(14)8-12(15)7-10;/h6-8H,3-5,9H2,1-2H3,(H2,16,17,18);1H. The number of unbranched alkanes of at least 4 members (excludes halogenated alkanes) is 1. The van der Waals surface area contributed by atoms with Crippen LogP contribution in [0.5, 0.6) is 0 Å². The van der Waals surface area contributed by atoms with Gasteiger partial charge in [-0.1, -0.05) is 29.3 Å². The molecule has 1 aromatic carbocycles. The number of aliphatic imine (C=N–C) groups is 1. The van der Waals surface area contributed by atoms with E-state index in [0.717, 1.165) is 35.4 Å². The van der Waals surface area contributed by atoms with Crippen LogP contribution in [0.2, 0.25) is 0 Å². The molecule has 0 aliphatic heterocycles. The molecule has 0 saturated carbocycles. The van der Waals surface area contributed by atoms with Gasteiger partial charge in [-0.3, -0.25) is 4.99 Å². The van der Waals surface area contributed by atoms with Gasteiger partial charge in [0.2, 0.25) is 0 Å². The maximum absolute atomic E-state index is 13.2. The summed E-state index contributed by atoms with van der Waals surface area (Å²) in [6, 6.07) is 4.84. The Bertz CT molecular complexity index is 393. The van der Waals surface area contributed by atoms with Gasteiger partial charge in [0.25, 0.3) is 0 Å². The van der Waals surface area contributed by atoms with E-state index in [0.29, 0.717) is 6.54 Å². The lowest BCUT2D eigenvalue weighted by atomic mass is 10.2. The van der Waals surface area contributed by atoms with Crippen LogP contribution in [0.4, 0.5) is 4.39 Å². The molecule has 0 aliphatic rings. The molecule has 0 aromatic heterocycles. The van der Waals surface area contributed by atoms with Crippen LogP contribution in [-0.2, 0) is 6.54 Å². The minimum Gasteiger partial charge on any atom is -0.356 e. The number of halogens is 3. The van der Waals surface area contributed by atoms with Crippen molar-refractivity contribution in [2.24, 2.45) is 4.99 Å². The highest BCUT2D eigenvalue weighted by Crippen LogP contribution is 2.14. The number of nitrogens with zero attached hydrogens (tertiary/aromatic N) is 1. The lowest BCUT2D eigenvalue weighted by Gasteiger charge is -2.11. The van der Waals surface area contributed by atoms with E-state index in [1.165, 1.54) is 12.1 Å². The van der Waals surface area contributed by atoms with Gasteiger partial charge in [0.05, 0.1) is 0 Å². The van der Waals surface area contributed by atoms with Crippen molar-refractivity contribution >= 4 is 45.9 Å². The third kappa shape index (κ3) is 7.71. The van der Waals surface area contributed by atoms with E-state index in [1.807, 2.05) is 6.07 Å². The van der Waals surface area contributed by atoms with Crippen molar-refractivity contribution < 1.29 is 4.39 Å². The van der Waals surface area contributed by atoms with Gasteiger partial charge in [-0.15, -0.1) is 24.0 Å². The van der Waals surface area contributed by atoms with Crippen LogP contribution in [0.1, 0.15) is 25.3 Å². The molecule has 0 fully saturated rings. The van der Waals surface area contributed by atoms with Gasteiger partial charge >= 0.3 is 0 Å². The van der Waals surface area contributed by atoms with Gasteiger partial charge in [-0.25, -0.2) is 4.39 Å². The number of hydrogen-bond donors (Lipinski definition) is 2. The molecule has 108 valence electrons. The lowest BCUT2D eigenvalue weighted by Crippen LogP contribution is -2.37. The van der Waals surface area contributed by atoms with E-state index < -0.39 is 0 Å². The van der Waals surface area contributed by atoms with Crippen LogP contribution in [0.15, 0.2) is 27.7 Å². The average molecular weight is 444 g/mol. The summed E-state index contributed by atoms with van der Waals surface area (Å²) in [4.78, 5) is 4.11. The van der Waals surface area contributed by atoms with Gasteiger partial charge in [0.1, 0.15) is 5.82 Å². The van der Waals surface area contributed by atoms with Gasteiger partial charge in [-0.2, -0.15) is 0 Å². The van der Waals surface area contributed by atoms with Crippen molar-refractivity contribution in [2.75, 3.05) is 13.6 Å². The quantitative estimate of drug-likeness (QED) is 0.315. The molecule has 0 atom stereocenters. The van der Waals surface area contributed by atoms with E-state index in [-0.39, 0.29) is 29.8 Å². The Hall–Kier alpha value is -0.370. The fourth-order valence-corrected chi connectivity index (χ4v) is 2.02. The zero-order valence-corrected chi connectivity index (χ0v) is 15.1. The first-order valence-corrected chi connectivity index (χ1v) is 6.84. The zero-order chi connectivity index (χ0) is 13.4. The molecule has 0 bridgehead atoms. The highest BCUT2D eigenvalue weighted by Gasteiger charge is 2.01. The van der Waals surface area contributed by atoms with Crippen LogP contribution in [-0.4, -0.2) is 19.6 Å². The average Bonchev–Trinajstić information content (AvgIpc) is 2.32. The van der Waals surface area contributed by atoms with Crippen LogP contribution in [0, 0.1) is 5.82 Å². The van der Waals surface area contributed by atoms with Crippen LogP contribution < -0.4 is 10.6 Å². The van der Waals surface area contributed by atoms with Crippen molar-refractivity contribution in [3.8, 4) is 0 Å². The second-order valence-corrected chi connectivity index (χ2v) is 4.90. The molecule has 3 nitrogen and oxygen atoms in total. The Morgan fingerprint density at radius 1 is 1.32 bits per heavy atom. The van der Waals surface area contributed by atoms with Crippen molar-refractivity contribution in [3.05, 3.63) is 34.1 Å². The topological polar surface area (TPSA) is 36.4 Å². The Kier molecular flexibility index (Phi) is 10.2. The summed E-state index contributed by atoms with van der Waals surface area (Å²) < 4.78 is 13.9. The van der Waals surface area contributed by atoms with Crippen molar-refractivity contribution in [1.82, 2.24) is 10.6 Å². The first kappa shape index (κ1) is 18.6. The Morgan fingerprint density at radius 2 is 2.05 bits per heavy atom. The fourth-order valence-electron chi connectivity index (χ4n) is 1.50. The summed E-state index contributed by atoms with van der Waals surface area (Å²) in [5.41, 5.74) is 0.875. The molecule has 0 aliphatic carbocycles.